The first-order valence-electron chi connectivity index (χ1n) is 7.20. The molecule has 120 valence electrons. The number of hydrogen-bond donors (Lipinski definition) is 0. The third-order valence-electron chi connectivity index (χ3n) is 3.69. The molecule has 0 unspecified atom stereocenters. The first-order valence-corrected chi connectivity index (χ1v) is 8.08. The lowest BCUT2D eigenvalue weighted by atomic mass is 10.3. The Bertz CT molecular complexity index is 1140. The van der Waals surface area contributed by atoms with E-state index in [0.29, 0.717) is 5.52 Å². The summed E-state index contributed by atoms with van der Waals surface area (Å²) in [5.41, 5.74) is 1.40. The summed E-state index contributed by atoms with van der Waals surface area (Å²) in [7, 11) is 1.68. The fourth-order valence-corrected chi connectivity index (χ4v) is 3.13. The second-order valence-corrected chi connectivity index (χ2v) is 6.17. The van der Waals surface area contributed by atoms with Crippen molar-refractivity contribution < 1.29 is 4.42 Å². The van der Waals surface area contributed by atoms with Crippen LogP contribution in [0.1, 0.15) is 5.69 Å². The molecule has 0 aliphatic rings. The Morgan fingerprint density at radius 2 is 2.00 bits per heavy atom. The van der Waals surface area contributed by atoms with Crippen molar-refractivity contribution in [3.63, 3.8) is 0 Å². The van der Waals surface area contributed by atoms with Crippen molar-refractivity contribution in [2.45, 2.75) is 6.54 Å². The number of para-hydroxylation sites is 2. The van der Waals surface area contributed by atoms with Gasteiger partial charge in [0.1, 0.15) is 5.69 Å². The molecular weight excluding hydrogens is 328 g/mol. The SMILES string of the molecule is Cn1c(=O)c(Cn2nc(-c3cccs3)oc2=O)nc2ccccc21. The molecule has 0 radical (unpaired) electrons. The van der Waals surface area contributed by atoms with E-state index in [0.717, 1.165) is 15.1 Å². The summed E-state index contributed by atoms with van der Waals surface area (Å²) in [5.74, 6) is -0.372. The molecule has 0 bridgehead atoms. The summed E-state index contributed by atoms with van der Waals surface area (Å²) >= 11 is 1.42. The average Bonchev–Trinajstić information content (AvgIpc) is 3.23. The van der Waals surface area contributed by atoms with Gasteiger partial charge in [-0.15, -0.1) is 16.4 Å². The molecule has 0 amide bonds. The zero-order chi connectivity index (χ0) is 16.7. The number of nitrogens with zero attached hydrogens (tertiary/aromatic N) is 4. The van der Waals surface area contributed by atoms with Crippen molar-refractivity contribution in [1.82, 2.24) is 19.3 Å². The summed E-state index contributed by atoms with van der Waals surface area (Å²) in [5, 5.41) is 6.03. The topological polar surface area (TPSA) is 82.9 Å². The predicted molar refractivity (Wildman–Crippen MR) is 90.2 cm³/mol. The molecule has 3 heterocycles. The normalized spacial score (nSPS) is 11.2. The minimum atomic E-state index is -0.615. The van der Waals surface area contributed by atoms with E-state index in [1.54, 1.807) is 7.05 Å². The Kier molecular flexibility index (Phi) is 3.39. The lowest BCUT2D eigenvalue weighted by Crippen LogP contribution is -2.28. The molecule has 4 aromatic rings. The quantitative estimate of drug-likeness (QED) is 0.568. The monoisotopic (exact) mass is 340 g/mol. The Balaban J connectivity index is 1.79. The van der Waals surface area contributed by atoms with Crippen LogP contribution in [0.15, 0.2) is 55.8 Å². The molecular formula is C16H12N4O3S. The minimum absolute atomic E-state index is 0.0365. The number of aryl methyl sites for hydroxylation is 1. The minimum Gasteiger partial charge on any atom is -0.387 e. The molecule has 7 nitrogen and oxygen atoms in total. The molecule has 0 N–H and O–H groups in total. The molecule has 3 aromatic heterocycles. The van der Waals surface area contributed by atoms with Crippen molar-refractivity contribution in [3.05, 3.63) is 68.4 Å². The van der Waals surface area contributed by atoms with Crippen LogP contribution in [0.5, 0.6) is 0 Å². The van der Waals surface area contributed by atoms with Crippen molar-refractivity contribution in [2.75, 3.05) is 0 Å². The maximum atomic E-state index is 12.5. The maximum Gasteiger partial charge on any atom is 0.437 e. The Morgan fingerprint density at radius 1 is 1.17 bits per heavy atom. The second-order valence-electron chi connectivity index (χ2n) is 5.22. The smallest absolute Gasteiger partial charge is 0.387 e. The molecule has 4 rings (SSSR count). The van der Waals surface area contributed by atoms with Gasteiger partial charge in [-0.25, -0.2) is 9.78 Å². The molecule has 1 aromatic carbocycles. The highest BCUT2D eigenvalue weighted by atomic mass is 32.1. The molecule has 0 aliphatic carbocycles. The van der Waals surface area contributed by atoms with E-state index in [1.807, 2.05) is 41.8 Å². The summed E-state index contributed by atoms with van der Waals surface area (Å²) in [6.07, 6.45) is 0. The van der Waals surface area contributed by atoms with Crippen molar-refractivity contribution in [1.29, 1.82) is 0 Å². The fraction of sp³-hybridized carbons (Fsp3) is 0.125. The van der Waals surface area contributed by atoms with Crippen LogP contribution >= 0.6 is 11.3 Å². The van der Waals surface area contributed by atoms with Crippen LogP contribution in [0.25, 0.3) is 21.8 Å². The van der Waals surface area contributed by atoms with Gasteiger partial charge >= 0.3 is 5.76 Å². The van der Waals surface area contributed by atoms with E-state index in [-0.39, 0.29) is 23.7 Å². The van der Waals surface area contributed by atoms with E-state index in [4.69, 9.17) is 4.42 Å². The zero-order valence-electron chi connectivity index (χ0n) is 12.7. The summed E-state index contributed by atoms with van der Waals surface area (Å²) < 4.78 is 7.79. The number of benzene rings is 1. The number of rotatable bonds is 3. The van der Waals surface area contributed by atoms with Gasteiger partial charge in [0.2, 0.25) is 0 Å². The van der Waals surface area contributed by atoms with Gasteiger partial charge in [0.25, 0.3) is 11.4 Å². The van der Waals surface area contributed by atoms with Crippen LogP contribution in [-0.4, -0.2) is 19.3 Å². The van der Waals surface area contributed by atoms with Crippen molar-refractivity contribution in [2.24, 2.45) is 7.05 Å². The van der Waals surface area contributed by atoms with E-state index >= 15 is 0 Å². The average molecular weight is 340 g/mol. The molecule has 0 saturated carbocycles. The van der Waals surface area contributed by atoms with E-state index in [1.165, 1.54) is 15.9 Å². The number of aromatic nitrogens is 4. The number of hydrogen-bond acceptors (Lipinski definition) is 6. The molecule has 0 spiro atoms. The second kappa shape index (κ2) is 5.57. The maximum absolute atomic E-state index is 12.5. The molecule has 8 heteroatoms. The summed E-state index contributed by atoms with van der Waals surface area (Å²) in [6.45, 7) is -0.0365. The Labute approximate surface area is 139 Å². The number of thiophene rings is 1. The molecule has 0 atom stereocenters. The lowest BCUT2D eigenvalue weighted by molar-refractivity contribution is 0.493. The van der Waals surface area contributed by atoms with E-state index in [2.05, 4.69) is 10.1 Å². The van der Waals surface area contributed by atoms with E-state index < -0.39 is 5.76 Å². The fourth-order valence-electron chi connectivity index (χ4n) is 2.49. The highest BCUT2D eigenvalue weighted by Crippen LogP contribution is 2.21. The van der Waals surface area contributed by atoms with Gasteiger partial charge in [0, 0.05) is 7.05 Å². The van der Waals surface area contributed by atoms with Gasteiger partial charge in [0.05, 0.1) is 22.5 Å². The largest absolute Gasteiger partial charge is 0.437 e. The zero-order valence-corrected chi connectivity index (χ0v) is 13.5. The van der Waals surface area contributed by atoms with Gasteiger partial charge in [-0.2, -0.15) is 4.68 Å². The van der Waals surface area contributed by atoms with Crippen LogP contribution < -0.4 is 11.3 Å². The van der Waals surface area contributed by atoms with Gasteiger partial charge in [-0.3, -0.25) is 4.79 Å². The van der Waals surface area contributed by atoms with Crippen molar-refractivity contribution >= 4 is 22.4 Å². The standard InChI is InChI=1S/C16H12N4O3S/c1-19-12-6-3-2-5-10(12)17-11(15(19)21)9-20-16(22)23-14(18-20)13-7-4-8-24-13/h2-8H,9H2,1H3. The van der Waals surface area contributed by atoms with Crippen LogP contribution in [0.2, 0.25) is 0 Å². The first kappa shape index (κ1) is 14.6. The molecule has 0 aliphatic heterocycles. The number of fused-ring (bicyclic) bond motifs is 1. The predicted octanol–water partition coefficient (Wildman–Crippen LogP) is 1.86. The van der Waals surface area contributed by atoms with E-state index in [9.17, 15) is 9.59 Å². The summed E-state index contributed by atoms with van der Waals surface area (Å²) in [6, 6.07) is 11.0. The first-order chi connectivity index (χ1) is 11.6. The lowest BCUT2D eigenvalue weighted by Gasteiger charge is -2.06. The Hall–Kier alpha value is -3.00. The van der Waals surface area contributed by atoms with Crippen molar-refractivity contribution in [3.8, 4) is 10.8 Å². The van der Waals surface area contributed by atoms with Crippen LogP contribution in [0.4, 0.5) is 0 Å². The van der Waals surface area contributed by atoms with Gasteiger partial charge in [-0.1, -0.05) is 18.2 Å². The van der Waals surface area contributed by atoms with Crippen LogP contribution in [-0.2, 0) is 13.6 Å². The third kappa shape index (κ3) is 2.37. The van der Waals surface area contributed by atoms with Crippen LogP contribution in [0, 0.1) is 0 Å². The third-order valence-corrected chi connectivity index (χ3v) is 4.55. The van der Waals surface area contributed by atoms with Gasteiger partial charge < -0.3 is 8.98 Å². The molecule has 0 fully saturated rings. The van der Waals surface area contributed by atoms with Gasteiger partial charge in [0.15, 0.2) is 0 Å². The molecule has 24 heavy (non-hydrogen) atoms. The van der Waals surface area contributed by atoms with Crippen LogP contribution in [0.3, 0.4) is 0 Å². The molecule has 0 saturated heterocycles. The highest BCUT2D eigenvalue weighted by molar-refractivity contribution is 7.13. The van der Waals surface area contributed by atoms with Gasteiger partial charge in [-0.05, 0) is 23.6 Å². The summed E-state index contributed by atoms with van der Waals surface area (Å²) in [4.78, 5) is 29.6. The Morgan fingerprint density at radius 3 is 2.79 bits per heavy atom. The highest BCUT2D eigenvalue weighted by Gasteiger charge is 2.15.